The summed E-state index contributed by atoms with van der Waals surface area (Å²) in [5.74, 6) is 0.664. The van der Waals surface area contributed by atoms with Crippen molar-refractivity contribution in [2.75, 3.05) is 32.7 Å². The van der Waals surface area contributed by atoms with Crippen molar-refractivity contribution in [3.05, 3.63) is 23.2 Å². The topological polar surface area (TPSA) is 49.3 Å². The highest BCUT2D eigenvalue weighted by atomic mass is 35.5. The van der Waals surface area contributed by atoms with Crippen LogP contribution < -0.4 is 0 Å². The molecule has 0 radical (unpaired) electrons. The normalized spacial score (nSPS) is 16.7. The van der Waals surface area contributed by atoms with Gasteiger partial charge in [0.25, 0.3) is 5.91 Å². The molecular weight excluding hydrogens is 276 g/mol. The third-order valence-corrected chi connectivity index (χ3v) is 3.72. The first-order chi connectivity index (χ1) is 9.56. The van der Waals surface area contributed by atoms with Crippen LogP contribution in [0.1, 0.15) is 30.8 Å². The second-order valence-electron chi connectivity index (χ2n) is 5.54. The molecule has 2 rings (SSSR count). The fraction of sp³-hybridized carbons (Fsp3) is 0.643. The lowest BCUT2D eigenvalue weighted by atomic mass is 10.1. The van der Waals surface area contributed by atoms with Crippen LogP contribution in [-0.2, 0) is 0 Å². The Labute approximate surface area is 124 Å². The smallest absolute Gasteiger partial charge is 0.274 e. The first-order valence-electron chi connectivity index (χ1n) is 7.05. The lowest BCUT2D eigenvalue weighted by Crippen LogP contribution is -2.49. The lowest BCUT2D eigenvalue weighted by Gasteiger charge is -2.34. The van der Waals surface area contributed by atoms with Crippen molar-refractivity contribution in [2.45, 2.75) is 20.3 Å². The molecule has 0 aromatic carbocycles. The number of nitrogens with zero attached hydrogens (tertiary/aromatic N) is 4. The van der Waals surface area contributed by atoms with Crippen LogP contribution in [0.15, 0.2) is 12.4 Å². The van der Waals surface area contributed by atoms with Crippen molar-refractivity contribution >= 4 is 17.5 Å². The van der Waals surface area contributed by atoms with Crippen molar-refractivity contribution in [2.24, 2.45) is 5.92 Å². The fourth-order valence-electron chi connectivity index (χ4n) is 2.20. The summed E-state index contributed by atoms with van der Waals surface area (Å²) < 4.78 is 0. The Morgan fingerprint density at radius 2 is 1.95 bits per heavy atom. The van der Waals surface area contributed by atoms with Gasteiger partial charge in [0.15, 0.2) is 0 Å². The molecule has 0 spiro atoms. The van der Waals surface area contributed by atoms with E-state index in [1.54, 1.807) is 0 Å². The van der Waals surface area contributed by atoms with E-state index in [0.29, 0.717) is 10.8 Å². The molecule has 5 nitrogen and oxygen atoms in total. The van der Waals surface area contributed by atoms with Gasteiger partial charge in [-0.1, -0.05) is 25.4 Å². The van der Waals surface area contributed by atoms with Crippen LogP contribution in [0.4, 0.5) is 0 Å². The lowest BCUT2D eigenvalue weighted by molar-refractivity contribution is 0.0625. The van der Waals surface area contributed by atoms with E-state index in [1.165, 1.54) is 18.8 Å². The summed E-state index contributed by atoms with van der Waals surface area (Å²) in [6.45, 7) is 8.94. The summed E-state index contributed by atoms with van der Waals surface area (Å²) in [5, 5.41) is 0.306. The number of amides is 1. The molecule has 1 saturated heterocycles. The highest BCUT2D eigenvalue weighted by Crippen LogP contribution is 2.10. The average molecular weight is 297 g/mol. The third-order valence-electron chi connectivity index (χ3n) is 3.52. The summed E-state index contributed by atoms with van der Waals surface area (Å²) in [7, 11) is 0. The Hall–Kier alpha value is -1.20. The number of hydrogen-bond donors (Lipinski definition) is 0. The number of rotatable bonds is 4. The van der Waals surface area contributed by atoms with Gasteiger partial charge in [-0.25, -0.2) is 9.97 Å². The first kappa shape index (κ1) is 15.2. The highest BCUT2D eigenvalue weighted by molar-refractivity contribution is 6.29. The molecule has 1 fully saturated rings. The van der Waals surface area contributed by atoms with E-state index >= 15 is 0 Å². The minimum Gasteiger partial charge on any atom is -0.335 e. The number of carbonyl (C=O) groups excluding carboxylic acids is 1. The summed E-state index contributed by atoms with van der Waals surface area (Å²) in [4.78, 5) is 24.4. The molecule has 0 bridgehead atoms. The van der Waals surface area contributed by atoms with Gasteiger partial charge in [-0.15, -0.1) is 0 Å². The molecule has 110 valence electrons. The number of hydrogen-bond acceptors (Lipinski definition) is 4. The Bertz CT molecular complexity index is 441. The molecule has 1 aromatic heterocycles. The van der Waals surface area contributed by atoms with Crippen molar-refractivity contribution in [3.63, 3.8) is 0 Å². The second kappa shape index (κ2) is 6.99. The van der Waals surface area contributed by atoms with Crippen LogP contribution in [0.5, 0.6) is 0 Å². The zero-order valence-electron chi connectivity index (χ0n) is 12.0. The molecule has 0 N–H and O–H groups in total. The van der Waals surface area contributed by atoms with Gasteiger partial charge in [0.1, 0.15) is 10.8 Å². The van der Waals surface area contributed by atoms with Crippen molar-refractivity contribution in [1.82, 2.24) is 19.8 Å². The van der Waals surface area contributed by atoms with E-state index in [9.17, 15) is 4.79 Å². The number of halogens is 1. The molecule has 2 heterocycles. The van der Waals surface area contributed by atoms with Gasteiger partial charge in [-0.05, 0) is 18.9 Å². The van der Waals surface area contributed by atoms with Gasteiger partial charge in [0.05, 0.1) is 12.4 Å². The van der Waals surface area contributed by atoms with Crippen LogP contribution in [0.2, 0.25) is 5.15 Å². The molecule has 0 saturated carbocycles. The van der Waals surface area contributed by atoms with Crippen molar-refractivity contribution in [3.8, 4) is 0 Å². The van der Waals surface area contributed by atoms with E-state index in [0.717, 1.165) is 38.6 Å². The molecule has 1 aliphatic heterocycles. The summed E-state index contributed by atoms with van der Waals surface area (Å²) in [6.07, 6.45) is 4.06. The molecule has 1 aliphatic rings. The van der Waals surface area contributed by atoms with E-state index < -0.39 is 0 Å². The molecular formula is C14H21ClN4O. The maximum atomic E-state index is 12.2. The number of aromatic nitrogens is 2. The van der Waals surface area contributed by atoms with E-state index in [1.807, 2.05) is 4.90 Å². The van der Waals surface area contributed by atoms with Gasteiger partial charge < -0.3 is 4.90 Å². The molecule has 0 aliphatic carbocycles. The fourth-order valence-corrected chi connectivity index (χ4v) is 2.30. The quantitative estimate of drug-likeness (QED) is 0.852. The average Bonchev–Trinajstić information content (AvgIpc) is 2.46. The monoisotopic (exact) mass is 296 g/mol. The van der Waals surface area contributed by atoms with Crippen LogP contribution >= 0.6 is 11.6 Å². The van der Waals surface area contributed by atoms with Crippen LogP contribution in [0.25, 0.3) is 0 Å². The molecule has 6 heteroatoms. The first-order valence-corrected chi connectivity index (χ1v) is 7.43. The van der Waals surface area contributed by atoms with Crippen LogP contribution in [0.3, 0.4) is 0 Å². The third kappa shape index (κ3) is 4.15. The van der Waals surface area contributed by atoms with Crippen LogP contribution in [-0.4, -0.2) is 58.4 Å². The maximum absolute atomic E-state index is 12.2. The molecule has 1 aromatic rings. The second-order valence-corrected chi connectivity index (χ2v) is 5.93. The summed E-state index contributed by atoms with van der Waals surface area (Å²) >= 11 is 5.68. The van der Waals surface area contributed by atoms with Gasteiger partial charge in [-0.2, -0.15) is 0 Å². The predicted molar refractivity (Wildman–Crippen MR) is 78.8 cm³/mol. The number of piperazine rings is 1. The van der Waals surface area contributed by atoms with E-state index in [2.05, 4.69) is 28.7 Å². The molecule has 20 heavy (non-hydrogen) atoms. The van der Waals surface area contributed by atoms with Crippen molar-refractivity contribution < 1.29 is 4.79 Å². The van der Waals surface area contributed by atoms with E-state index in [-0.39, 0.29) is 5.91 Å². The van der Waals surface area contributed by atoms with Gasteiger partial charge >= 0.3 is 0 Å². The molecule has 0 atom stereocenters. The zero-order chi connectivity index (χ0) is 14.5. The zero-order valence-corrected chi connectivity index (χ0v) is 12.8. The number of carbonyl (C=O) groups is 1. The van der Waals surface area contributed by atoms with Crippen molar-refractivity contribution in [1.29, 1.82) is 0 Å². The predicted octanol–water partition coefficient (Wildman–Crippen LogP) is 1.93. The highest BCUT2D eigenvalue weighted by Gasteiger charge is 2.22. The summed E-state index contributed by atoms with van der Waals surface area (Å²) in [5.41, 5.74) is 0.366. The minimum atomic E-state index is -0.0577. The maximum Gasteiger partial charge on any atom is 0.274 e. The minimum absolute atomic E-state index is 0.0577. The van der Waals surface area contributed by atoms with Gasteiger partial charge in [0, 0.05) is 26.2 Å². The molecule has 0 unspecified atom stereocenters. The Kier molecular flexibility index (Phi) is 5.31. The standard InChI is InChI=1S/C14H21ClN4O/c1-11(2)3-4-18-5-7-19(8-6-18)14(20)12-9-17-13(15)10-16-12/h9-11H,3-8H2,1-2H3. The Balaban J connectivity index is 1.84. The largest absolute Gasteiger partial charge is 0.335 e. The van der Waals surface area contributed by atoms with Gasteiger partial charge in [0.2, 0.25) is 0 Å². The molecule has 1 amide bonds. The Morgan fingerprint density at radius 1 is 1.25 bits per heavy atom. The van der Waals surface area contributed by atoms with Gasteiger partial charge in [-0.3, -0.25) is 9.69 Å². The Morgan fingerprint density at radius 3 is 2.50 bits per heavy atom. The van der Waals surface area contributed by atoms with E-state index in [4.69, 9.17) is 11.6 Å². The van der Waals surface area contributed by atoms with Crippen LogP contribution in [0, 0.1) is 5.92 Å². The summed E-state index contributed by atoms with van der Waals surface area (Å²) in [6, 6.07) is 0. The SMILES string of the molecule is CC(C)CCN1CCN(C(=O)c2cnc(Cl)cn2)CC1.